The van der Waals surface area contributed by atoms with Crippen molar-refractivity contribution in [3.8, 4) is 11.4 Å². The van der Waals surface area contributed by atoms with Gasteiger partial charge in [0.2, 0.25) is 17.0 Å². The first kappa shape index (κ1) is 18.9. The third kappa shape index (κ3) is 5.08. The number of aryl methyl sites for hydroxylation is 2. The minimum absolute atomic E-state index is 0.196. The van der Waals surface area contributed by atoms with E-state index in [9.17, 15) is 4.79 Å². The molecule has 0 aliphatic carbocycles. The van der Waals surface area contributed by atoms with E-state index in [1.54, 1.807) is 13.0 Å². The zero-order valence-electron chi connectivity index (χ0n) is 15.5. The van der Waals surface area contributed by atoms with Crippen LogP contribution in [0.1, 0.15) is 23.9 Å². The highest BCUT2D eigenvalue weighted by atomic mass is 32.2. The number of hydrogen-bond donors (Lipinski definition) is 2. The van der Waals surface area contributed by atoms with Crippen LogP contribution in [0.3, 0.4) is 0 Å². The van der Waals surface area contributed by atoms with E-state index in [2.05, 4.69) is 35.8 Å². The highest BCUT2D eigenvalue weighted by Gasteiger charge is 2.12. The minimum Gasteiger partial charge on any atom is -0.360 e. The predicted octanol–water partition coefficient (Wildman–Crippen LogP) is 3.01. The van der Waals surface area contributed by atoms with Gasteiger partial charge >= 0.3 is 0 Å². The number of thioether (sulfide) groups is 1. The fourth-order valence-electron chi connectivity index (χ4n) is 2.47. The second-order valence-corrected chi connectivity index (χ2v) is 7.04. The molecule has 0 bridgehead atoms. The average molecular weight is 411 g/mol. The predicted molar refractivity (Wildman–Crippen MR) is 104 cm³/mol. The van der Waals surface area contributed by atoms with Gasteiger partial charge in [-0.2, -0.15) is 4.98 Å². The SMILES string of the molecule is Cc1cc(NC(=O)CCc2nc(CSc3n[nH]c(-c4ccccc4)n3)no2)no1. The largest absolute Gasteiger partial charge is 0.360 e. The van der Waals surface area contributed by atoms with Crippen LogP contribution in [0.2, 0.25) is 0 Å². The Morgan fingerprint density at radius 3 is 2.83 bits per heavy atom. The summed E-state index contributed by atoms with van der Waals surface area (Å²) in [5, 5.41) is 18.0. The van der Waals surface area contributed by atoms with E-state index in [0.717, 1.165) is 5.56 Å². The van der Waals surface area contributed by atoms with Gasteiger partial charge < -0.3 is 14.4 Å². The summed E-state index contributed by atoms with van der Waals surface area (Å²) in [6, 6.07) is 11.4. The van der Waals surface area contributed by atoms with Gasteiger partial charge in [0.15, 0.2) is 17.5 Å². The summed E-state index contributed by atoms with van der Waals surface area (Å²) in [5.74, 6) is 2.88. The molecule has 3 heterocycles. The van der Waals surface area contributed by atoms with Crippen LogP contribution in [0.5, 0.6) is 0 Å². The summed E-state index contributed by atoms with van der Waals surface area (Å²) in [6.45, 7) is 1.75. The van der Waals surface area contributed by atoms with Crippen LogP contribution in [0.15, 0.2) is 50.6 Å². The van der Waals surface area contributed by atoms with E-state index in [1.807, 2.05) is 30.3 Å². The summed E-state index contributed by atoms with van der Waals surface area (Å²) < 4.78 is 10.1. The van der Waals surface area contributed by atoms with Gasteiger partial charge in [-0.3, -0.25) is 9.89 Å². The monoisotopic (exact) mass is 411 g/mol. The van der Waals surface area contributed by atoms with E-state index >= 15 is 0 Å². The summed E-state index contributed by atoms with van der Waals surface area (Å²) >= 11 is 1.39. The first-order valence-corrected chi connectivity index (χ1v) is 9.79. The number of carbonyl (C=O) groups is 1. The van der Waals surface area contributed by atoms with Crippen molar-refractivity contribution in [3.63, 3.8) is 0 Å². The minimum atomic E-state index is -0.207. The third-order valence-corrected chi connectivity index (χ3v) is 4.66. The lowest BCUT2D eigenvalue weighted by molar-refractivity contribution is -0.116. The topological polar surface area (TPSA) is 136 Å². The Kier molecular flexibility index (Phi) is 5.66. The van der Waals surface area contributed by atoms with Crippen molar-refractivity contribution in [2.75, 3.05) is 5.32 Å². The Hall–Kier alpha value is -3.47. The number of aromatic amines is 1. The molecule has 3 aromatic heterocycles. The van der Waals surface area contributed by atoms with E-state index in [-0.39, 0.29) is 12.3 Å². The molecular formula is C18H17N7O3S. The maximum atomic E-state index is 11.9. The molecule has 1 aromatic carbocycles. The van der Waals surface area contributed by atoms with Crippen molar-refractivity contribution in [2.45, 2.75) is 30.7 Å². The number of nitrogens with zero attached hydrogens (tertiary/aromatic N) is 5. The highest BCUT2D eigenvalue weighted by molar-refractivity contribution is 7.98. The summed E-state index contributed by atoms with van der Waals surface area (Å²) in [7, 11) is 0. The molecule has 0 fully saturated rings. The molecule has 0 spiro atoms. The molecule has 2 N–H and O–H groups in total. The van der Waals surface area contributed by atoms with Gasteiger partial charge in [-0.25, -0.2) is 4.98 Å². The van der Waals surface area contributed by atoms with Crippen LogP contribution < -0.4 is 5.32 Å². The smallest absolute Gasteiger partial charge is 0.227 e. The van der Waals surface area contributed by atoms with E-state index in [1.165, 1.54) is 11.8 Å². The number of benzene rings is 1. The lowest BCUT2D eigenvalue weighted by Crippen LogP contribution is -2.12. The molecule has 11 heteroatoms. The van der Waals surface area contributed by atoms with Crippen LogP contribution in [-0.4, -0.2) is 36.4 Å². The van der Waals surface area contributed by atoms with Crippen molar-refractivity contribution >= 4 is 23.5 Å². The van der Waals surface area contributed by atoms with Crippen molar-refractivity contribution in [1.82, 2.24) is 30.5 Å². The number of rotatable bonds is 8. The quantitative estimate of drug-likeness (QED) is 0.419. The van der Waals surface area contributed by atoms with Gasteiger partial charge in [0, 0.05) is 24.5 Å². The molecule has 0 aliphatic rings. The zero-order chi connectivity index (χ0) is 20.1. The van der Waals surface area contributed by atoms with Gasteiger partial charge in [0.05, 0.1) is 5.75 Å². The Labute approximate surface area is 169 Å². The molecule has 0 unspecified atom stereocenters. The van der Waals surface area contributed by atoms with Gasteiger partial charge in [0.1, 0.15) is 5.76 Å². The van der Waals surface area contributed by atoms with Crippen LogP contribution in [-0.2, 0) is 17.0 Å². The number of nitrogens with one attached hydrogen (secondary N) is 2. The zero-order valence-corrected chi connectivity index (χ0v) is 16.3. The second-order valence-electron chi connectivity index (χ2n) is 6.10. The third-order valence-electron chi connectivity index (χ3n) is 3.81. The Balaban J connectivity index is 1.25. The van der Waals surface area contributed by atoms with Gasteiger partial charge in [-0.15, -0.1) is 5.10 Å². The number of H-pyrrole nitrogens is 1. The van der Waals surface area contributed by atoms with Crippen molar-refractivity contribution in [1.29, 1.82) is 0 Å². The molecule has 0 aliphatic heterocycles. The number of carbonyl (C=O) groups excluding carboxylic acids is 1. The van der Waals surface area contributed by atoms with Crippen molar-refractivity contribution in [2.24, 2.45) is 0 Å². The van der Waals surface area contributed by atoms with Crippen molar-refractivity contribution in [3.05, 3.63) is 53.9 Å². The second kappa shape index (κ2) is 8.69. The average Bonchev–Trinajstić information content (AvgIpc) is 3.47. The number of aromatic nitrogens is 6. The van der Waals surface area contributed by atoms with E-state index in [0.29, 0.717) is 46.4 Å². The molecule has 0 saturated heterocycles. The first-order valence-electron chi connectivity index (χ1n) is 8.81. The molecule has 4 rings (SSSR count). The van der Waals surface area contributed by atoms with Crippen LogP contribution in [0, 0.1) is 6.92 Å². The molecule has 0 saturated carbocycles. The molecular weight excluding hydrogens is 394 g/mol. The molecule has 4 aromatic rings. The first-order chi connectivity index (χ1) is 14.2. The molecule has 29 heavy (non-hydrogen) atoms. The van der Waals surface area contributed by atoms with Gasteiger partial charge in [-0.05, 0) is 6.92 Å². The lowest BCUT2D eigenvalue weighted by Gasteiger charge is -1.98. The van der Waals surface area contributed by atoms with Crippen molar-refractivity contribution < 1.29 is 13.8 Å². The van der Waals surface area contributed by atoms with E-state index < -0.39 is 0 Å². The highest BCUT2D eigenvalue weighted by Crippen LogP contribution is 2.21. The Morgan fingerprint density at radius 1 is 1.17 bits per heavy atom. The standard InChI is InChI=1S/C18H17N7O3S/c1-11-9-13(24-27-11)19-15(26)7-8-16-20-14(25-28-16)10-29-18-21-17(22-23-18)12-5-3-2-4-6-12/h2-6,9H,7-8,10H2,1H3,(H,19,24,26)(H,21,22,23). The Morgan fingerprint density at radius 2 is 2.03 bits per heavy atom. The fraction of sp³-hybridized carbons (Fsp3) is 0.222. The van der Waals surface area contributed by atoms with Crippen LogP contribution in [0.4, 0.5) is 5.82 Å². The number of hydrogen-bond acceptors (Lipinski definition) is 9. The lowest BCUT2D eigenvalue weighted by atomic mass is 10.2. The van der Waals surface area contributed by atoms with Gasteiger partial charge in [0.25, 0.3) is 0 Å². The molecule has 0 atom stereocenters. The maximum Gasteiger partial charge on any atom is 0.227 e. The maximum absolute atomic E-state index is 11.9. The van der Waals surface area contributed by atoms with E-state index in [4.69, 9.17) is 9.05 Å². The molecule has 148 valence electrons. The fourth-order valence-corrected chi connectivity index (χ4v) is 3.11. The van der Waals surface area contributed by atoms with Crippen LogP contribution >= 0.6 is 11.8 Å². The number of anilines is 1. The Bertz CT molecular complexity index is 1090. The summed E-state index contributed by atoms with van der Waals surface area (Å²) in [5.41, 5.74) is 0.966. The molecule has 0 radical (unpaired) electrons. The summed E-state index contributed by atoms with van der Waals surface area (Å²) in [4.78, 5) is 20.7. The summed E-state index contributed by atoms with van der Waals surface area (Å²) in [6.07, 6.45) is 0.529. The van der Waals surface area contributed by atoms with Crippen LogP contribution in [0.25, 0.3) is 11.4 Å². The van der Waals surface area contributed by atoms with Gasteiger partial charge in [-0.1, -0.05) is 52.4 Å². The number of amides is 1. The molecule has 10 nitrogen and oxygen atoms in total. The normalized spacial score (nSPS) is 10.9. The molecule has 1 amide bonds.